The molecule has 0 saturated heterocycles. The number of guanidine groups is 1. The van der Waals surface area contributed by atoms with Gasteiger partial charge in [0.2, 0.25) is 5.91 Å². The van der Waals surface area contributed by atoms with Crippen LogP contribution in [0, 0.1) is 5.82 Å². The Morgan fingerprint density at radius 2 is 1.89 bits per heavy atom. The number of rotatable bonds is 9. The van der Waals surface area contributed by atoms with Crippen LogP contribution in [0.4, 0.5) is 4.39 Å². The number of nitrogens with one attached hydrogen (secondary N) is 1. The van der Waals surface area contributed by atoms with Gasteiger partial charge in [-0.25, -0.2) is 9.38 Å². The number of likely N-dealkylation sites (N-methyl/N-ethyl adjacent to an activating group) is 2. The third kappa shape index (κ3) is 8.32. The van der Waals surface area contributed by atoms with Crippen LogP contribution < -0.4 is 10.1 Å². The molecule has 0 aliphatic carbocycles. The second-order valence-electron chi connectivity index (χ2n) is 5.79. The van der Waals surface area contributed by atoms with Crippen molar-refractivity contribution in [3.05, 3.63) is 29.6 Å². The van der Waals surface area contributed by atoms with Crippen molar-refractivity contribution in [2.24, 2.45) is 4.99 Å². The lowest BCUT2D eigenvalue weighted by Gasteiger charge is -2.25. The molecule has 0 atom stereocenters. The standard InChI is InChI=1S/C19H31FN4O2.HI/c1-6-21-19(23(5)14-18(25)24(7-2)8-3)22-13-15-10-11-17(26-9-4)16(20)12-15;/h10-12H,6-9,13-14H2,1-5H3,(H,21,22);1H. The summed E-state index contributed by atoms with van der Waals surface area (Å²) in [6, 6.07) is 4.84. The topological polar surface area (TPSA) is 57.2 Å². The third-order valence-electron chi connectivity index (χ3n) is 3.89. The van der Waals surface area contributed by atoms with Crippen LogP contribution in [0.3, 0.4) is 0 Å². The van der Waals surface area contributed by atoms with E-state index in [4.69, 9.17) is 4.74 Å². The minimum absolute atomic E-state index is 0. The lowest BCUT2D eigenvalue weighted by atomic mass is 10.2. The van der Waals surface area contributed by atoms with E-state index in [0.717, 1.165) is 5.56 Å². The molecular weight excluding hydrogens is 462 g/mol. The molecule has 1 rings (SSSR count). The van der Waals surface area contributed by atoms with E-state index in [1.54, 1.807) is 21.9 Å². The summed E-state index contributed by atoms with van der Waals surface area (Å²) in [6.45, 7) is 10.7. The molecule has 27 heavy (non-hydrogen) atoms. The van der Waals surface area contributed by atoms with Gasteiger partial charge < -0.3 is 19.9 Å². The van der Waals surface area contributed by atoms with Crippen LogP contribution in [0.1, 0.15) is 33.3 Å². The van der Waals surface area contributed by atoms with Gasteiger partial charge in [0.15, 0.2) is 17.5 Å². The lowest BCUT2D eigenvalue weighted by Crippen LogP contribution is -2.45. The van der Waals surface area contributed by atoms with Gasteiger partial charge in [0, 0.05) is 26.7 Å². The molecule has 8 heteroatoms. The van der Waals surface area contributed by atoms with E-state index in [-0.39, 0.29) is 42.2 Å². The van der Waals surface area contributed by atoms with Gasteiger partial charge in [-0.3, -0.25) is 4.79 Å². The van der Waals surface area contributed by atoms with Gasteiger partial charge >= 0.3 is 0 Å². The molecule has 0 fully saturated rings. The number of ether oxygens (including phenoxy) is 1. The van der Waals surface area contributed by atoms with Crippen LogP contribution in [0.5, 0.6) is 5.75 Å². The molecule has 0 saturated carbocycles. The average molecular weight is 494 g/mol. The molecule has 0 bridgehead atoms. The molecule has 1 aromatic rings. The van der Waals surface area contributed by atoms with Crippen molar-refractivity contribution in [1.29, 1.82) is 0 Å². The molecule has 1 aromatic carbocycles. The Labute approximate surface area is 179 Å². The normalized spacial score (nSPS) is 10.8. The molecule has 0 spiro atoms. The SMILES string of the molecule is CCNC(=NCc1ccc(OCC)c(F)c1)N(C)CC(=O)N(CC)CC.I. The van der Waals surface area contributed by atoms with Crippen LogP contribution in [-0.2, 0) is 11.3 Å². The molecule has 1 amide bonds. The third-order valence-corrected chi connectivity index (χ3v) is 3.89. The summed E-state index contributed by atoms with van der Waals surface area (Å²) in [5.41, 5.74) is 0.741. The molecule has 0 radical (unpaired) electrons. The molecule has 1 N–H and O–H groups in total. The first-order valence-corrected chi connectivity index (χ1v) is 9.15. The summed E-state index contributed by atoms with van der Waals surface area (Å²) in [5.74, 6) is 0.515. The van der Waals surface area contributed by atoms with Crippen molar-refractivity contribution >= 4 is 35.8 Å². The Kier molecular flexibility index (Phi) is 12.8. The van der Waals surface area contributed by atoms with Crippen LogP contribution in [-0.4, -0.2) is 61.5 Å². The number of nitrogens with zero attached hydrogens (tertiary/aromatic N) is 3. The van der Waals surface area contributed by atoms with Gasteiger partial charge in [-0.15, -0.1) is 24.0 Å². The summed E-state index contributed by atoms with van der Waals surface area (Å²) in [5, 5.41) is 3.17. The number of carbonyl (C=O) groups is 1. The maximum absolute atomic E-state index is 14.0. The van der Waals surface area contributed by atoms with Crippen molar-refractivity contribution in [3.63, 3.8) is 0 Å². The monoisotopic (exact) mass is 494 g/mol. The fraction of sp³-hybridized carbons (Fsp3) is 0.579. The van der Waals surface area contributed by atoms with Crippen LogP contribution in [0.2, 0.25) is 0 Å². The van der Waals surface area contributed by atoms with Gasteiger partial charge in [0.05, 0.1) is 19.7 Å². The molecule has 0 aliphatic heterocycles. The Balaban J connectivity index is 0.00000676. The summed E-state index contributed by atoms with van der Waals surface area (Å²) in [6.07, 6.45) is 0. The van der Waals surface area contributed by atoms with E-state index in [9.17, 15) is 9.18 Å². The minimum Gasteiger partial charge on any atom is -0.491 e. The zero-order chi connectivity index (χ0) is 19.5. The van der Waals surface area contributed by atoms with Gasteiger partial charge in [-0.05, 0) is 45.4 Å². The van der Waals surface area contributed by atoms with E-state index >= 15 is 0 Å². The molecule has 0 aliphatic rings. The molecular formula is C19H32FIN4O2. The number of hydrogen-bond donors (Lipinski definition) is 1. The fourth-order valence-corrected chi connectivity index (χ4v) is 2.51. The molecule has 0 aromatic heterocycles. The van der Waals surface area contributed by atoms with E-state index in [1.807, 2.05) is 34.7 Å². The van der Waals surface area contributed by atoms with Crippen molar-refractivity contribution < 1.29 is 13.9 Å². The number of halogens is 2. The average Bonchev–Trinajstić information content (AvgIpc) is 2.61. The molecule has 154 valence electrons. The van der Waals surface area contributed by atoms with E-state index in [1.165, 1.54) is 6.07 Å². The van der Waals surface area contributed by atoms with Gasteiger partial charge in [-0.2, -0.15) is 0 Å². The van der Waals surface area contributed by atoms with E-state index in [2.05, 4.69) is 10.3 Å². The van der Waals surface area contributed by atoms with E-state index < -0.39 is 5.82 Å². The Bertz CT molecular complexity index is 609. The molecule has 6 nitrogen and oxygen atoms in total. The van der Waals surface area contributed by atoms with Gasteiger partial charge in [0.25, 0.3) is 0 Å². The predicted octanol–water partition coefficient (Wildman–Crippen LogP) is 3.11. The molecule has 0 unspecified atom stereocenters. The van der Waals surface area contributed by atoms with Crippen LogP contribution >= 0.6 is 24.0 Å². The Morgan fingerprint density at radius 3 is 2.41 bits per heavy atom. The number of benzene rings is 1. The van der Waals surface area contributed by atoms with Crippen molar-refractivity contribution in [3.8, 4) is 5.75 Å². The highest BCUT2D eigenvalue weighted by molar-refractivity contribution is 14.0. The first kappa shape index (κ1) is 25.4. The quantitative estimate of drug-likeness (QED) is 0.326. The number of aliphatic imine (C=N–C) groups is 1. The van der Waals surface area contributed by atoms with Gasteiger partial charge in [-0.1, -0.05) is 6.07 Å². The zero-order valence-corrected chi connectivity index (χ0v) is 19.2. The Morgan fingerprint density at radius 1 is 1.22 bits per heavy atom. The predicted molar refractivity (Wildman–Crippen MR) is 118 cm³/mol. The number of amides is 1. The number of carbonyl (C=O) groups excluding carboxylic acids is 1. The first-order valence-electron chi connectivity index (χ1n) is 9.15. The highest BCUT2D eigenvalue weighted by atomic mass is 127. The minimum atomic E-state index is -0.394. The smallest absolute Gasteiger partial charge is 0.242 e. The lowest BCUT2D eigenvalue weighted by molar-refractivity contribution is -0.131. The van der Waals surface area contributed by atoms with Crippen LogP contribution in [0.25, 0.3) is 0 Å². The first-order chi connectivity index (χ1) is 12.5. The van der Waals surface area contributed by atoms with Crippen molar-refractivity contribution in [2.45, 2.75) is 34.2 Å². The maximum atomic E-state index is 14.0. The zero-order valence-electron chi connectivity index (χ0n) is 16.9. The van der Waals surface area contributed by atoms with Crippen molar-refractivity contribution in [2.75, 3.05) is 39.8 Å². The second kappa shape index (κ2) is 13.6. The highest BCUT2D eigenvalue weighted by Gasteiger charge is 2.15. The Hall–Kier alpha value is -1.58. The van der Waals surface area contributed by atoms with Crippen molar-refractivity contribution in [1.82, 2.24) is 15.1 Å². The maximum Gasteiger partial charge on any atom is 0.242 e. The second-order valence-corrected chi connectivity index (χ2v) is 5.79. The highest BCUT2D eigenvalue weighted by Crippen LogP contribution is 2.18. The largest absolute Gasteiger partial charge is 0.491 e. The van der Waals surface area contributed by atoms with Crippen LogP contribution in [0.15, 0.2) is 23.2 Å². The summed E-state index contributed by atoms with van der Waals surface area (Å²) >= 11 is 0. The summed E-state index contributed by atoms with van der Waals surface area (Å²) in [7, 11) is 1.82. The number of hydrogen-bond acceptors (Lipinski definition) is 3. The van der Waals surface area contributed by atoms with Gasteiger partial charge in [0.1, 0.15) is 0 Å². The summed E-state index contributed by atoms with van der Waals surface area (Å²) in [4.78, 5) is 20.4. The molecule has 0 heterocycles. The summed E-state index contributed by atoms with van der Waals surface area (Å²) < 4.78 is 19.2. The van der Waals surface area contributed by atoms with E-state index in [0.29, 0.717) is 38.7 Å². The fourth-order valence-electron chi connectivity index (χ4n) is 2.51.